The molecule has 4 unspecified atom stereocenters. The maximum atomic E-state index is 6.12. The summed E-state index contributed by atoms with van der Waals surface area (Å²) in [5, 5.41) is 0. The first-order chi connectivity index (χ1) is 17.1. The van der Waals surface area contributed by atoms with E-state index in [0.29, 0.717) is 0 Å². The molecule has 0 radical (unpaired) electrons. The summed E-state index contributed by atoms with van der Waals surface area (Å²) >= 11 is 0. The van der Waals surface area contributed by atoms with Crippen LogP contribution in [0, 0.1) is 94.7 Å². The molecule has 188 valence electrons. The van der Waals surface area contributed by atoms with E-state index in [1.165, 1.54) is 0 Å². The van der Waals surface area contributed by atoms with E-state index in [9.17, 15) is 0 Å². The van der Waals surface area contributed by atoms with Crippen molar-refractivity contribution in [1.82, 2.24) is 0 Å². The minimum absolute atomic E-state index is 0.0281. The van der Waals surface area contributed by atoms with Crippen molar-refractivity contribution in [1.29, 1.82) is 0 Å². The molecule has 0 N–H and O–H groups in total. The van der Waals surface area contributed by atoms with Crippen LogP contribution in [0.25, 0.3) is 0 Å². The molecule has 0 heteroatoms. The van der Waals surface area contributed by atoms with Gasteiger partial charge in [0.2, 0.25) is 0 Å². The van der Waals surface area contributed by atoms with Crippen molar-refractivity contribution in [3.63, 3.8) is 0 Å². The first-order valence-corrected chi connectivity index (χ1v) is 14.0. The van der Waals surface area contributed by atoms with Crippen molar-refractivity contribution < 1.29 is 0 Å². The lowest BCUT2D eigenvalue weighted by molar-refractivity contribution is 0.283. The summed E-state index contributed by atoms with van der Waals surface area (Å²) in [5.74, 6) is 36.9. The van der Waals surface area contributed by atoms with Crippen LogP contribution in [0.3, 0.4) is 0 Å². The van der Waals surface area contributed by atoms with Crippen LogP contribution in [0.4, 0.5) is 0 Å². The Hall–Kier alpha value is -2.64. The third kappa shape index (κ3) is 12.6. The smallest absolute Gasteiger partial charge is 0.119 e. The van der Waals surface area contributed by atoms with E-state index < -0.39 is 5.41 Å². The fourth-order valence-electron chi connectivity index (χ4n) is 3.83. The van der Waals surface area contributed by atoms with Gasteiger partial charge in [0.25, 0.3) is 0 Å². The molecular formula is C35H48. The quantitative estimate of drug-likeness (QED) is 0.198. The third-order valence-corrected chi connectivity index (χ3v) is 6.00. The van der Waals surface area contributed by atoms with Gasteiger partial charge in [-0.2, -0.15) is 0 Å². The Morgan fingerprint density at radius 2 is 1.11 bits per heavy atom. The average molecular weight is 469 g/mol. The molecule has 0 saturated carbocycles. The van der Waals surface area contributed by atoms with Crippen LogP contribution in [-0.2, 0) is 0 Å². The summed E-state index contributed by atoms with van der Waals surface area (Å²) in [7, 11) is 0. The molecule has 0 aromatic rings. The SMILES string of the molecule is C#CC(C#CCCCC)C(C#CCCCC)C(C#CC)(C#CCCCC)C(C#CCCCC)CC. The Morgan fingerprint density at radius 1 is 0.629 bits per heavy atom. The van der Waals surface area contributed by atoms with Gasteiger partial charge in [0.15, 0.2) is 0 Å². The second-order valence-electron chi connectivity index (χ2n) is 9.01. The van der Waals surface area contributed by atoms with Gasteiger partial charge < -0.3 is 0 Å². The lowest BCUT2D eigenvalue weighted by Crippen LogP contribution is -2.38. The van der Waals surface area contributed by atoms with Crippen LogP contribution in [0.2, 0.25) is 0 Å². The van der Waals surface area contributed by atoms with Crippen LogP contribution < -0.4 is 0 Å². The zero-order valence-corrected chi connectivity index (χ0v) is 23.5. The molecule has 0 aromatic carbocycles. The highest BCUT2D eigenvalue weighted by Crippen LogP contribution is 2.41. The molecule has 0 aliphatic rings. The number of hydrogen-bond acceptors (Lipinski definition) is 0. The highest BCUT2D eigenvalue weighted by Gasteiger charge is 2.44. The van der Waals surface area contributed by atoms with Crippen molar-refractivity contribution in [3.8, 4) is 71.5 Å². The van der Waals surface area contributed by atoms with Gasteiger partial charge in [-0.1, -0.05) is 95.8 Å². The standard InChI is InChI=1S/C35H48/c1-8-15-19-23-27-32(13-6)34(29-25-21-17-10-3)35(30-12-5,31-26-22-18-11-4)33(14-7)28-24-20-16-9-2/h6,32-34H,8-11,14-22H2,1-5,7H3. The Labute approximate surface area is 219 Å². The minimum Gasteiger partial charge on any atom is -0.119 e. The summed E-state index contributed by atoms with van der Waals surface area (Å²) in [6, 6.07) is 0. The Bertz CT molecular complexity index is 915. The summed E-state index contributed by atoms with van der Waals surface area (Å²) in [5.41, 5.74) is -0.716. The summed E-state index contributed by atoms with van der Waals surface area (Å²) in [4.78, 5) is 0. The van der Waals surface area contributed by atoms with Gasteiger partial charge in [0.1, 0.15) is 5.41 Å². The molecule has 0 nitrogen and oxygen atoms in total. The Kier molecular flexibility index (Phi) is 20.2. The summed E-state index contributed by atoms with van der Waals surface area (Å²) in [6.45, 7) is 12.8. The maximum Gasteiger partial charge on any atom is 0.121 e. The van der Waals surface area contributed by atoms with Gasteiger partial charge in [0.05, 0.1) is 11.8 Å². The lowest BCUT2D eigenvalue weighted by atomic mass is 9.62. The predicted octanol–water partition coefficient (Wildman–Crippen LogP) is 8.66. The van der Waals surface area contributed by atoms with E-state index in [4.69, 9.17) is 6.42 Å². The van der Waals surface area contributed by atoms with E-state index in [2.05, 4.69) is 99.7 Å². The van der Waals surface area contributed by atoms with Gasteiger partial charge in [-0.3, -0.25) is 0 Å². The molecule has 0 aliphatic heterocycles. The normalized spacial score (nSPS) is 13.6. The van der Waals surface area contributed by atoms with E-state index in [-0.39, 0.29) is 17.8 Å². The molecule has 0 aromatic heterocycles. The molecule has 0 saturated heterocycles. The second-order valence-corrected chi connectivity index (χ2v) is 9.01. The summed E-state index contributed by atoms with van der Waals surface area (Å²) in [6.07, 6.45) is 19.2. The van der Waals surface area contributed by atoms with E-state index in [1.807, 2.05) is 6.92 Å². The third-order valence-electron chi connectivity index (χ3n) is 6.00. The van der Waals surface area contributed by atoms with Crippen molar-refractivity contribution >= 4 is 0 Å². The van der Waals surface area contributed by atoms with Crippen molar-refractivity contribution in [2.75, 3.05) is 0 Å². The molecule has 0 amide bonds. The fourth-order valence-corrected chi connectivity index (χ4v) is 3.83. The predicted molar refractivity (Wildman–Crippen MR) is 155 cm³/mol. The first kappa shape index (κ1) is 32.4. The van der Waals surface area contributed by atoms with Crippen molar-refractivity contribution in [2.24, 2.45) is 23.2 Å². The van der Waals surface area contributed by atoms with E-state index in [0.717, 1.165) is 83.5 Å². The molecule has 0 aliphatic carbocycles. The van der Waals surface area contributed by atoms with Crippen LogP contribution in [0.15, 0.2) is 0 Å². The van der Waals surface area contributed by atoms with Crippen LogP contribution >= 0.6 is 0 Å². The monoisotopic (exact) mass is 468 g/mol. The first-order valence-electron chi connectivity index (χ1n) is 14.0. The van der Waals surface area contributed by atoms with Gasteiger partial charge in [-0.15, -0.1) is 36.0 Å². The van der Waals surface area contributed by atoms with E-state index in [1.54, 1.807) is 0 Å². The number of terminal acetylenes is 1. The van der Waals surface area contributed by atoms with Crippen LogP contribution in [-0.4, -0.2) is 0 Å². The van der Waals surface area contributed by atoms with Gasteiger partial charge in [0, 0.05) is 31.6 Å². The summed E-state index contributed by atoms with van der Waals surface area (Å²) < 4.78 is 0. The minimum atomic E-state index is -0.716. The number of rotatable bonds is 12. The Balaban J connectivity index is 6.91. The lowest BCUT2D eigenvalue weighted by Gasteiger charge is -2.35. The van der Waals surface area contributed by atoms with E-state index >= 15 is 0 Å². The molecule has 0 rings (SSSR count). The zero-order chi connectivity index (χ0) is 26.2. The Morgan fingerprint density at radius 3 is 1.57 bits per heavy atom. The topological polar surface area (TPSA) is 0 Å². The van der Waals surface area contributed by atoms with Crippen LogP contribution in [0.5, 0.6) is 0 Å². The van der Waals surface area contributed by atoms with Crippen molar-refractivity contribution in [2.45, 2.75) is 125 Å². The molecule has 0 fully saturated rings. The molecule has 4 atom stereocenters. The number of unbranched alkanes of at least 4 members (excludes halogenated alkanes) is 8. The van der Waals surface area contributed by atoms with Crippen molar-refractivity contribution in [3.05, 3.63) is 0 Å². The molecular weight excluding hydrogens is 420 g/mol. The second kappa shape index (κ2) is 21.9. The molecule has 35 heavy (non-hydrogen) atoms. The fraction of sp³-hybridized carbons (Fsp3) is 0.657. The molecule has 0 heterocycles. The highest BCUT2D eigenvalue weighted by atomic mass is 14.4. The average Bonchev–Trinajstić information content (AvgIpc) is 2.87. The molecule has 0 spiro atoms. The maximum absolute atomic E-state index is 6.12. The van der Waals surface area contributed by atoms with Crippen LogP contribution in [0.1, 0.15) is 125 Å². The largest absolute Gasteiger partial charge is 0.121 e. The highest BCUT2D eigenvalue weighted by molar-refractivity contribution is 5.41. The number of hydrogen-bond donors (Lipinski definition) is 0. The van der Waals surface area contributed by atoms with Gasteiger partial charge in [-0.05, 0) is 39.0 Å². The zero-order valence-electron chi connectivity index (χ0n) is 23.5. The van der Waals surface area contributed by atoms with Gasteiger partial charge in [-0.25, -0.2) is 0 Å². The molecule has 0 bridgehead atoms. The van der Waals surface area contributed by atoms with Gasteiger partial charge >= 0.3 is 0 Å².